The van der Waals surface area contributed by atoms with Crippen molar-refractivity contribution in [2.45, 2.75) is 6.92 Å². The van der Waals surface area contributed by atoms with E-state index in [0.29, 0.717) is 11.3 Å². The van der Waals surface area contributed by atoms with Crippen LogP contribution in [0.3, 0.4) is 0 Å². The monoisotopic (exact) mass is 183 g/mol. The van der Waals surface area contributed by atoms with E-state index in [1.165, 1.54) is 4.52 Å². The van der Waals surface area contributed by atoms with Gasteiger partial charge in [0.2, 0.25) is 4.77 Å². The van der Waals surface area contributed by atoms with Crippen molar-refractivity contribution in [2.24, 2.45) is 0 Å². The molecule has 2 heterocycles. The standard InChI is InChI=1S/C5H5N5OS/c1-2-3-6-4(12)7-5(11)10(3)9-8-2/h9H,1H3,(H,7,11,12). The molecule has 0 aromatic carbocycles. The third-order valence-electron chi connectivity index (χ3n) is 1.48. The number of fused-ring (bicyclic) bond motifs is 1. The molecule has 0 radical (unpaired) electrons. The first-order valence-corrected chi connectivity index (χ1v) is 3.63. The van der Waals surface area contributed by atoms with Crippen molar-refractivity contribution < 1.29 is 0 Å². The van der Waals surface area contributed by atoms with Gasteiger partial charge in [0.1, 0.15) is 5.69 Å². The molecule has 2 aromatic rings. The molecule has 0 aliphatic rings. The summed E-state index contributed by atoms with van der Waals surface area (Å²) in [5.74, 6) is 0. The van der Waals surface area contributed by atoms with Crippen molar-refractivity contribution >= 4 is 17.9 Å². The minimum absolute atomic E-state index is 0.171. The third-order valence-corrected chi connectivity index (χ3v) is 1.67. The van der Waals surface area contributed by atoms with E-state index >= 15 is 0 Å². The fraction of sp³-hybridized carbons (Fsp3) is 0.200. The SMILES string of the molecule is Cc1n[nH]n2c(=O)[nH]c(=S)nc12. The minimum Gasteiger partial charge on any atom is -0.281 e. The summed E-state index contributed by atoms with van der Waals surface area (Å²) in [6.45, 7) is 1.74. The summed E-state index contributed by atoms with van der Waals surface area (Å²) in [5.41, 5.74) is 0.751. The van der Waals surface area contributed by atoms with E-state index in [2.05, 4.69) is 20.3 Å². The fourth-order valence-corrected chi connectivity index (χ4v) is 1.10. The Bertz CT molecular complexity index is 534. The molecule has 0 aliphatic heterocycles. The Balaban J connectivity index is 3.13. The van der Waals surface area contributed by atoms with Crippen LogP contribution in [-0.4, -0.2) is 24.8 Å². The second kappa shape index (κ2) is 2.24. The van der Waals surface area contributed by atoms with Gasteiger partial charge in [-0.3, -0.25) is 4.98 Å². The summed E-state index contributed by atoms with van der Waals surface area (Å²) < 4.78 is 1.37. The molecule has 0 saturated carbocycles. The van der Waals surface area contributed by atoms with Crippen molar-refractivity contribution in [1.29, 1.82) is 0 Å². The molecular weight excluding hydrogens is 178 g/mol. The van der Waals surface area contributed by atoms with Crippen molar-refractivity contribution in [3.63, 3.8) is 0 Å². The Labute approximate surface area is 71.3 Å². The summed E-state index contributed by atoms with van der Waals surface area (Å²) in [6.07, 6.45) is 0. The summed E-state index contributed by atoms with van der Waals surface area (Å²) in [4.78, 5) is 17.4. The van der Waals surface area contributed by atoms with E-state index in [-0.39, 0.29) is 10.5 Å². The van der Waals surface area contributed by atoms with Gasteiger partial charge in [0, 0.05) is 0 Å². The number of hydrogen-bond donors (Lipinski definition) is 2. The highest BCUT2D eigenvalue weighted by Gasteiger charge is 2.02. The number of H-pyrrole nitrogens is 2. The molecule has 2 aromatic heterocycles. The lowest BCUT2D eigenvalue weighted by Gasteiger charge is -1.88. The van der Waals surface area contributed by atoms with Gasteiger partial charge >= 0.3 is 5.69 Å². The van der Waals surface area contributed by atoms with E-state index in [1.807, 2.05) is 0 Å². The molecule has 0 aliphatic carbocycles. The van der Waals surface area contributed by atoms with Crippen LogP contribution in [0.1, 0.15) is 5.69 Å². The molecule has 7 heteroatoms. The number of rotatable bonds is 0. The van der Waals surface area contributed by atoms with Crippen LogP contribution in [0.15, 0.2) is 4.79 Å². The van der Waals surface area contributed by atoms with Crippen LogP contribution >= 0.6 is 12.2 Å². The maximum atomic E-state index is 11.1. The topological polar surface area (TPSA) is 78.8 Å². The largest absolute Gasteiger partial charge is 0.349 e. The fourth-order valence-electron chi connectivity index (χ4n) is 0.928. The molecular formula is C5H5N5OS. The van der Waals surface area contributed by atoms with Gasteiger partial charge in [0.25, 0.3) is 0 Å². The Kier molecular flexibility index (Phi) is 1.34. The maximum Gasteiger partial charge on any atom is 0.349 e. The Morgan fingerprint density at radius 2 is 2.33 bits per heavy atom. The molecule has 0 amide bonds. The molecule has 0 atom stereocenters. The second-order valence-corrected chi connectivity index (χ2v) is 2.69. The number of aryl methyl sites for hydroxylation is 1. The molecule has 6 nitrogen and oxygen atoms in total. The van der Waals surface area contributed by atoms with Crippen LogP contribution in [0.2, 0.25) is 0 Å². The van der Waals surface area contributed by atoms with Gasteiger partial charge < -0.3 is 0 Å². The predicted octanol–water partition coefficient (Wildman–Crippen LogP) is -0.216. The number of aromatic nitrogens is 5. The van der Waals surface area contributed by atoms with Gasteiger partial charge in [0.05, 0.1) is 0 Å². The van der Waals surface area contributed by atoms with Crippen molar-refractivity contribution in [3.8, 4) is 0 Å². The van der Waals surface area contributed by atoms with Crippen LogP contribution in [0.5, 0.6) is 0 Å². The molecule has 0 bridgehead atoms. The van der Waals surface area contributed by atoms with E-state index in [4.69, 9.17) is 12.2 Å². The van der Waals surface area contributed by atoms with Gasteiger partial charge in [-0.25, -0.2) is 10.0 Å². The average molecular weight is 183 g/mol. The summed E-state index contributed by atoms with van der Waals surface area (Å²) in [6, 6.07) is 0. The first-order chi connectivity index (χ1) is 5.68. The Hall–Kier alpha value is -1.50. The van der Waals surface area contributed by atoms with E-state index in [9.17, 15) is 4.79 Å². The highest BCUT2D eigenvalue weighted by molar-refractivity contribution is 7.71. The number of aromatic amines is 2. The summed E-state index contributed by atoms with van der Waals surface area (Å²) in [5, 5.41) is 6.30. The Morgan fingerprint density at radius 3 is 3.08 bits per heavy atom. The highest BCUT2D eigenvalue weighted by Crippen LogP contribution is 1.96. The molecule has 0 spiro atoms. The van der Waals surface area contributed by atoms with Crippen LogP contribution in [0, 0.1) is 11.7 Å². The lowest BCUT2D eigenvalue weighted by Crippen LogP contribution is -2.18. The number of nitrogens with zero attached hydrogens (tertiary/aromatic N) is 3. The van der Waals surface area contributed by atoms with Crippen LogP contribution in [0.4, 0.5) is 0 Å². The number of hydrogen-bond acceptors (Lipinski definition) is 4. The van der Waals surface area contributed by atoms with Crippen molar-refractivity contribution in [3.05, 3.63) is 20.9 Å². The average Bonchev–Trinajstić information content (AvgIpc) is 2.33. The summed E-state index contributed by atoms with van der Waals surface area (Å²) in [7, 11) is 0. The molecule has 2 rings (SSSR count). The summed E-state index contributed by atoms with van der Waals surface area (Å²) >= 11 is 4.73. The van der Waals surface area contributed by atoms with Gasteiger partial charge in [-0.2, -0.15) is 14.6 Å². The molecule has 0 fully saturated rings. The molecule has 0 saturated heterocycles. The zero-order chi connectivity index (χ0) is 8.72. The quantitative estimate of drug-likeness (QED) is 0.553. The van der Waals surface area contributed by atoms with Crippen LogP contribution < -0.4 is 5.69 Å². The first-order valence-electron chi connectivity index (χ1n) is 3.22. The van der Waals surface area contributed by atoms with Crippen LogP contribution in [-0.2, 0) is 0 Å². The lowest BCUT2D eigenvalue weighted by atomic mass is 10.5. The van der Waals surface area contributed by atoms with E-state index in [1.54, 1.807) is 6.92 Å². The smallest absolute Gasteiger partial charge is 0.281 e. The Morgan fingerprint density at radius 1 is 1.58 bits per heavy atom. The molecule has 12 heavy (non-hydrogen) atoms. The number of nitrogens with one attached hydrogen (secondary N) is 2. The van der Waals surface area contributed by atoms with Crippen LogP contribution in [0.25, 0.3) is 5.65 Å². The predicted molar refractivity (Wildman–Crippen MR) is 43.5 cm³/mol. The lowest BCUT2D eigenvalue weighted by molar-refractivity contribution is 0.778. The van der Waals surface area contributed by atoms with Gasteiger partial charge in [-0.05, 0) is 19.1 Å². The zero-order valence-corrected chi connectivity index (χ0v) is 6.97. The molecule has 0 unspecified atom stereocenters. The van der Waals surface area contributed by atoms with E-state index < -0.39 is 0 Å². The third kappa shape index (κ3) is 0.866. The maximum absolute atomic E-state index is 11.1. The van der Waals surface area contributed by atoms with Gasteiger partial charge in [-0.15, -0.1) is 0 Å². The zero-order valence-electron chi connectivity index (χ0n) is 6.16. The van der Waals surface area contributed by atoms with Crippen molar-refractivity contribution in [2.75, 3.05) is 0 Å². The van der Waals surface area contributed by atoms with Gasteiger partial charge in [-0.1, -0.05) is 0 Å². The molecule has 2 N–H and O–H groups in total. The first kappa shape index (κ1) is 7.17. The van der Waals surface area contributed by atoms with E-state index in [0.717, 1.165) is 0 Å². The highest BCUT2D eigenvalue weighted by atomic mass is 32.1. The van der Waals surface area contributed by atoms with Gasteiger partial charge in [0.15, 0.2) is 5.65 Å². The molecule has 62 valence electrons. The van der Waals surface area contributed by atoms with Crippen molar-refractivity contribution in [1.82, 2.24) is 24.8 Å². The second-order valence-electron chi connectivity index (χ2n) is 2.30. The normalized spacial score (nSPS) is 10.8. The minimum atomic E-state index is -0.356.